The molecule has 1 aromatic heterocycles. The van der Waals surface area contributed by atoms with Crippen molar-refractivity contribution in [2.75, 3.05) is 6.54 Å². The molecule has 0 bridgehead atoms. The number of aryl methyl sites for hydroxylation is 1. The first-order valence-electron chi connectivity index (χ1n) is 6.86. The number of oxime groups is 1. The summed E-state index contributed by atoms with van der Waals surface area (Å²) in [5.74, 6) is 0.865. The average molecular weight is 288 g/mol. The SMILES string of the molecule is CCn1cnnc1CNCC(/C(N)=N/O)c1ccccc1. The van der Waals surface area contributed by atoms with Gasteiger partial charge in [0.25, 0.3) is 0 Å². The number of rotatable bonds is 7. The standard InChI is InChI=1S/C14H20N6O/c1-2-20-10-17-18-13(20)9-16-8-12(14(15)19-21)11-6-4-3-5-7-11/h3-7,10,12,16,21H,2,8-9H2,1H3,(H2,15,19). The van der Waals surface area contributed by atoms with Crippen LogP contribution in [0.5, 0.6) is 0 Å². The number of nitrogens with two attached hydrogens (primary N) is 1. The first-order chi connectivity index (χ1) is 10.3. The highest BCUT2D eigenvalue weighted by Crippen LogP contribution is 2.15. The number of aromatic nitrogens is 3. The molecule has 0 saturated carbocycles. The lowest BCUT2D eigenvalue weighted by atomic mass is 9.98. The lowest BCUT2D eigenvalue weighted by Crippen LogP contribution is -2.32. The molecule has 0 aliphatic heterocycles. The quantitative estimate of drug-likeness (QED) is 0.304. The third kappa shape index (κ3) is 3.79. The van der Waals surface area contributed by atoms with Gasteiger partial charge in [-0.2, -0.15) is 0 Å². The number of amidine groups is 1. The number of nitrogens with zero attached hydrogens (tertiary/aromatic N) is 4. The van der Waals surface area contributed by atoms with Gasteiger partial charge in [0.15, 0.2) is 0 Å². The number of hydrogen-bond donors (Lipinski definition) is 3. The fraction of sp³-hybridized carbons (Fsp3) is 0.357. The van der Waals surface area contributed by atoms with Crippen molar-refractivity contribution in [1.82, 2.24) is 20.1 Å². The van der Waals surface area contributed by atoms with Gasteiger partial charge in [-0.15, -0.1) is 10.2 Å². The summed E-state index contributed by atoms with van der Waals surface area (Å²) in [6.07, 6.45) is 1.70. The van der Waals surface area contributed by atoms with Crippen LogP contribution in [0.4, 0.5) is 0 Å². The molecule has 2 aromatic rings. The molecule has 0 spiro atoms. The van der Waals surface area contributed by atoms with E-state index in [4.69, 9.17) is 10.9 Å². The molecule has 4 N–H and O–H groups in total. The van der Waals surface area contributed by atoms with Crippen LogP contribution in [-0.2, 0) is 13.1 Å². The van der Waals surface area contributed by atoms with Crippen LogP contribution < -0.4 is 11.1 Å². The van der Waals surface area contributed by atoms with E-state index in [1.807, 2.05) is 41.8 Å². The van der Waals surface area contributed by atoms with Gasteiger partial charge in [-0.3, -0.25) is 0 Å². The maximum atomic E-state index is 8.94. The second-order valence-electron chi connectivity index (χ2n) is 4.65. The molecule has 0 aliphatic carbocycles. The summed E-state index contributed by atoms with van der Waals surface area (Å²) in [5.41, 5.74) is 6.79. The number of benzene rings is 1. The fourth-order valence-corrected chi connectivity index (χ4v) is 2.16. The largest absolute Gasteiger partial charge is 0.409 e. The molecule has 1 atom stereocenters. The molecular weight excluding hydrogens is 268 g/mol. The van der Waals surface area contributed by atoms with Crippen molar-refractivity contribution in [3.63, 3.8) is 0 Å². The van der Waals surface area contributed by atoms with Gasteiger partial charge < -0.3 is 20.8 Å². The monoisotopic (exact) mass is 288 g/mol. The molecule has 1 aromatic carbocycles. The molecule has 7 nitrogen and oxygen atoms in total. The minimum atomic E-state index is -0.186. The Hall–Kier alpha value is -2.41. The predicted molar refractivity (Wildman–Crippen MR) is 80.0 cm³/mol. The zero-order chi connectivity index (χ0) is 15.1. The smallest absolute Gasteiger partial charge is 0.147 e. The van der Waals surface area contributed by atoms with Crippen molar-refractivity contribution in [1.29, 1.82) is 0 Å². The number of nitrogens with one attached hydrogen (secondary N) is 1. The Bertz CT molecular complexity index is 580. The van der Waals surface area contributed by atoms with Crippen LogP contribution >= 0.6 is 0 Å². The molecule has 0 saturated heterocycles. The Morgan fingerprint density at radius 1 is 1.43 bits per heavy atom. The van der Waals surface area contributed by atoms with Gasteiger partial charge in [0, 0.05) is 13.1 Å². The van der Waals surface area contributed by atoms with Crippen molar-refractivity contribution >= 4 is 5.84 Å². The van der Waals surface area contributed by atoms with E-state index in [1.165, 1.54) is 0 Å². The highest BCUT2D eigenvalue weighted by Gasteiger charge is 2.16. The Morgan fingerprint density at radius 2 is 2.19 bits per heavy atom. The van der Waals surface area contributed by atoms with E-state index in [1.54, 1.807) is 6.33 Å². The minimum absolute atomic E-state index is 0.186. The maximum Gasteiger partial charge on any atom is 0.147 e. The van der Waals surface area contributed by atoms with E-state index in [2.05, 4.69) is 20.7 Å². The van der Waals surface area contributed by atoms with E-state index in [0.717, 1.165) is 17.9 Å². The van der Waals surface area contributed by atoms with Crippen LogP contribution in [0.15, 0.2) is 41.8 Å². The summed E-state index contributed by atoms with van der Waals surface area (Å²) < 4.78 is 1.97. The molecule has 21 heavy (non-hydrogen) atoms. The topological polar surface area (TPSA) is 101 Å². The Morgan fingerprint density at radius 3 is 2.86 bits per heavy atom. The Labute approximate surface area is 123 Å². The molecule has 0 fully saturated rings. The van der Waals surface area contributed by atoms with E-state index in [-0.39, 0.29) is 11.8 Å². The van der Waals surface area contributed by atoms with Gasteiger partial charge in [-0.1, -0.05) is 35.5 Å². The van der Waals surface area contributed by atoms with Crippen molar-refractivity contribution in [3.8, 4) is 0 Å². The van der Waals surface area contributed by atoms with Gasteiger partial charge in [-0.05, 0) is 12.5 Å². The van der Waals surface area contributed by atoms with E-state index in [9.17, 15) is 0 Å². The lowest BCUT2D eigenvalue weighted by Gasteiger charge is -2.16. The molecule has 0 amide bonds. The number of hydrogen-bond acceptors (Lipinski definition) is 5. The molecule has 7 heteroatoms. The lowest BCUT2D eigenvalue weighted by molar-refractivity contribution is 0.315. The Kier molecular flexibility index (Phi) is 5.28. The first kappa shape index (κ1) is 15.0. The third-order valence-corrected chi connectivity index (χ3v) is 3.34. The molecule has 1 heterocycles. The van der Waals surface area contributed by atoms with Gasteiger partial charge in [0.1, 0.15) is 18.0 Å². The molecule has 112 valence electrons. The Balaban J connectivity index is 2.00. The van der Waals surface area contributed by atoms with Gasteiger partial charge >= 0.3 is 0 Å². The van der Waals surface area contributed by atoms with Crippen molar-refractivity contribution < 1.29 is 5.21 Å². The van der Waals surface area contributed by atoms with Crippen LogP contribution in [0, 0.1) is 0 Å². The molecule has 2 rings (SSSR count). The van der Waals surface area contributed by atoms with Crippen LogP contribution in [0.2, 0.25) is 0 Å². The molecule has 0 aliphatic rings. The summed E-state index contributed by atoms with van der Waals surface area (Å²) in [6.45, 7) is 3.99. The van der Waals surface area contributed by atoms with Crippen molar-refractivity contribution in [2.24, 2.45) is 10.9 Å². The second kappa shape index (κ2) is 7.39. The van der Waals surface area contributed by atoms with Gasteiger partial charge in [-0.25, -0.2) is 0 Å². The summed E-state index contributed by atoms with van der Waals surface area (Å²) in [5, 5.41) is 23.3. The highest BCUT2D eigenvalue weighted by molar-refractivity contribution is 5.87. The van der Waals surface area contributed by atoms with Gasteiger partial charge in [0.05, 0.1) is 12.5 Å². The molecule has 0 radical (unpaired) electrons. The van der Waals surface area contributed by atoms with Crippen LogP contribution in [0.25, 0.3) is 0 Å². The molecule has 1 unspecified atom stereocenters. The van der Waals surface area contributed by atoms with E-state index >= 15 is 0 Å². The van der Waals surface area contributed by atoms with Gasteiger partial charge in [0.2, 0.25) is 0 Å². The second-order valence-corrected chi connectivity index (χ2v) is 4.65. The third-order valence-electron chi connectivity index (χ3n) is 3.34. The normalized spacial score (nSPS) is 13.3. The summed E-state index contributed by atoms with van der Waals surface area (Å²) in [4.78, 5) is 0. The summed E-state index contributed by atoms with van der Waals surface area (Å²) in [7, 11) is 0. The summed E-state index contributed by atoms with van der Waals surface area (Å²) >= 11 is 0. The zero-order valence-corrected chi connectivity index (χ0v) is 12.0. The van der Waals surface area contributed by atoms with Crippen molar-refractivity contribution in [3.05, 3.63) is 48.0 Å². The fourth-order valence-electron chi connectivity index (χ4n) is 2.16. The highest BCUT2D eigenvalue weighted by atomic mass is 16.4. The van der Waals surface area contributed by atoms with Crippen LogP contribution in [0.3, 0.4) is 0 Å². The summed E-state index contributed by atoms with van der Waals surface area (Å²) in [6, 6.07) is 9.71. The van der Waals surface area contributed by atoms with Crippen LogP contribution in [0.1, 0.15) is 24.2 Å². The van der Waals surface area contributed by atoms with Crippen LogP contribution in [-0.4, -0.2) is 32.4 Å². The van der Waals surface area contributed by atoms with Crippen molar-refractivity contribution in [2.45, 2.75) is 25.9 Å². The van der Waals surface area contributed by atoms with E-state index in [0.29, 0.717) is 13.1 Å². The maximum absolute atomic E-state index is 8.94. The first-order valence-corrected chi connectivity index (χ1v) is 6.86. The average Bonchev–Trinajstić information content (AvgIpc) is 2.99. The predicted octanol–water partition coefficient (Wildman–Crippen LogP) is 0.918. The minimum Gasteiger partial charge on any atom is -0.409 e. The molecular formula is C14H20N6O. The van der Waals surface area contributed by atoms with E-state index < -0.39 is 0 Å². The zero-order valence-electron chi connectivity index (χ0n) is 12.0.